The Morgan fingerprint density at radius 1 is 1.40 bits per heavy atom. The normalized spacial score (nSPS) is 26.4. The quantitative estimate of drug-likeness (QED) is 0.924. The van der Waals surface area contributed by atoms with Crippen LogP contribution in [0.15, 0.2) is 6.20 Å². The zero-order valence-electron chi connectivity index (χ0n) is 12.8. The van der Waals surface area contributed by atoms with E-state index >= 15 is 0 Å². The Morgan fingerprint density at radius 2 is 2.20 bits per heavy atom. The predicted octanol–water partition coefficient (Wildman–Crippen LogP) is 3.20. The van der Waals surface area contributed by atoms with Crippen molar-refractivity contribution in [2.45, 2.75) is 70.5 Å². The Hall–Kier alpha value is -0.450. The van der Waals surface area contributed by atoms with E-state index in [4.69, 9.17) is 0 Å². The highest BCUT2D eigenvalue weighted by molar-refractivity contribution is 7.11. The van der Waals surface area contributed by atoms with Crippen LogP contribution in [0.25, 0.3) is 0 Å². The lowest BCUT2D eigenvalue weighted by Crippen LogP contribution is -2.62. The van der Waals surface area contributed by atoms with Gasteiger partial charge in [0.1, 0.15) is 5.01 Å². The predicted molar refractivity (Wildman–Crippen MR) is 85.2 cm³/mol. The molecule has 1 saturated heterocycles. The average molecular weight is 293 g/mol. The molecule has 0 radical (unpaired) electrons. The molecule has 0 amide bonds. The van der Waals surface area contributed by atoms with E-state index in [9.17, 15) is 0 Å². The topological polar surface area (TPSA) is 28.2 Å². The molecule has 1 aliphatic carbocycles. The smallest absolute Gasteiger partial charge is 0.107 e. The molecule has 3 rings (SSSR count). The van der Waals surface area contributed by atoms with E-state index in [1.165, 1.54) is 48.5 Å². The molecule has 2 heterocycles. The van der Waals surface area contributed by atoms with Gasteiger partial charge in [0.15, 0.2) is 0 Å². The molecule has 3 nitrogen and oxygen atoms in total. The summed E-state index contributed by atoms with van der Waals surface area (Å²) in [4.78, 5) is 8.73. The molecular formula is C16H27N3S. The highest BCUT2D eigenvalue weighted by atomic mass is 32.1. The fourth-order valence-corrected chi connectivity index (χ4v) is 4.66. The van der Waals surface area contributed by atoms with Crippen LogP contribution in [0.2, 0.25) is 0 Å². The minimum Gasteiger partial charge on any atom is -0.308 e. The van der Waals surface area contributed by atoms with Gasteiger partial charge < -0.3 is 5.32 Å². The standard InChI is InChI=1S/C16H27N3S/c1-3-13-9-18-16(7-5-6-8-16)12-19(13)11-15-17-10-14(4-2)20-15/h10,13,18H,3-9,11-12H2,1-2H3. The molecule has 1 atom stereocenters. The molecule has 0 bridgehead atoms. The van der Waals surface area contributed by atoms with Gasteiger partial charge in [0.2, 0.25) is 0 Å². The van der Waals surface area contributed by atoms with Gasteiger partial charge in [0.05, 0.1) is 6.54 Å². The molecule has 0 aromatic carbocycles. The first kappa shape index (κ1) is 14.5. The lowest BCUT2D eigenvalue weighted by Gasteiger charge is -2.46. The molecule has 1 spiro atoms. The summed E-state index contributed by atoms with van der Waals surface area (Å²) in [5.41, 5.74) is 0.413. The minimum absolute atomic E-state index is 0.413. The van der Waals surface area contributed by atoms with E-state index in [1.54, 1.807) is 0 Å². The van der Waals surface area contributed by atoms with Crippen LogP contribution in [0.4, 0.5) is 0 Å². The lowest BCUT2D eigenvalue weighted by molar-refractivity contribution is 0.0717. The molecule has 112 valence electrons. The maximum atomic E-state index is 4.62. The third-order valence-electron chi connectivity index (χ3n) is 5.06. The highest BCUT2D eigenvalue weighted by Gasteiger charge is 2.40. The SMILES string of the molecule is CCc1cnc(CN2CC3(CCCC3)NCC2CC)s1. The summed E-state index contributed by atoms with van der Waals surface area (Å²) in [6.07, 6.45) is 9.92. The number of piperazine rings is 1. The van der Waals surface area contributed by atoms with Crippen molar-refractivity contribution < 1.29 is 0 Å². The zero-order valence-corrected chi connectivity index (χ0v) is 13.6. The van der Waals surface area contributed by atoms with E-state index < -0.39 is 0 Å². The molecule has 1 aromatic rings. The van der Waals surface area contributed by atoms with Crippen LogP contribution in [0.1, 0.15) is 55.8 Å². The molecule has 4 heteroatoms. The molecule has 20 heavy (non-hydrogen) atoms. The van der Waals surface area contributed by atoms with Gasteiger partial charge in [-0.2, -0.15) is 0 Å². The number of rotatable bonds is 4. The second-order valence-electron chi connectivity index (χ2n) is 6.41. The second-order valence-corrected chi connectivity index (χ2v) is 7.61. The molecule has 1 N–H and O–H groups in total. The van der Waals surface area contributed by atoms with Crippen LogP contribution in [0.5, 0.6) is 0 Å². The van der Waals surface area contributed by atoms with Gasteiger partial charge in [-0.15, -0.1) is 11.3 Å². The molecule has 1 aromatic heterocycles. The minimum atomic E-state index is 0.413. The van der Waals surface area contributed by atoms with Crippen LogP contribution in [0, 0.1) is 0 Å². The van der Waals surface area contributed by atoms with Crippen molar-refractivity contribution in [2.24, 2.45) is 0 Å². The number of aryl methyl sites for hydroxylation is 1. The Morgan fingerprint density at radius 3 is 2.85 bits per heavy atom. The number of hydrogen-bond acceptors (Lipinski definition) is 4. The first-order valence-electron chi connectivity index (χ1n) is 8.17. The molecule has 1 aliphatic heterocycles. The van der Waals surface area contributed by atoms with Crippen molar-refractivity contribution in [1.29, 1.82) is 0 Å². The van der Waals surface area contributed by atoms with Crippen molar-refractivity contribution >= 4 is 11.3 Å². The van der Waals surface area contributed by atoms with Gasteiger partial charge >= 0.3 is 0 Å². The zero-order chi connectivity index (χ0) is 14.0. The summed E-state index contributed by atoms with van der Waals surface area (Å²) in [6.45, 7) is 7.94. The number of nitrogens with one attached hydrogen (secondary N) is 1. The maximum absolute atomic E-state index is 4.62. The summed E-state index contributed by atoms with van der Waals surface area (Å²) < 4.78 is 0. The Balaban J connectivity index is 1.70. The Bertz CT molecular complexity index is 437. The van der Waals surface area contributed by atoms with Crippen LogP contribution in [0.3, 0.4) is 0 Å². The van der Waals surface area contributed by atoms with Crippen molar-refractivity contribution in [3.8, 4) is 0 Å². The molecule has 1 unspecified atom stereocenters. The van der Waals surface area contributed by atoms with E-state index in [-0.39, 0.29) is 0 Å². The summed E-state index contributed by atoms with van der Waals surface area (Å²) in [5.74, 6) is 0. The van der Waals surface area contributed by atoms with E-state index in [0.717, 1.165) is 19.5 Å². The first-order valence-corrected chi connectivity index (χ1v) is 8.99. The number of aromatic nitrogens is 1. The van der Waals surface area contributed by atoms with Crippen LogP contribution in [-0.4, -0.2) is 34.6 Å². The Kier molecular flexibility index (Phi) is 4.43. The Labute approximate surface area is 126 Å². The van der Waals surface area contributed by atoms with Crippen molar-refractivity contribution in [3.05, 3.63) is 16.1 Å². The lowest BCUT2D eigenvalue weighted by atomic mass is 9.91. The molecule has 2 fully saturated rings. The van der Waals surface area contributed by atoms with Crippen molar-refractivity contribution in [2.75, 3.05) is 13.1 Å². The summed E-state index contributed by atoms with van der Waals surface area (Å²) in [5, 5.41) is 5.17. The van der Waals surface area contributed by atoms with Gasteiger partial charge in [-0.1, -0.05) is 26.7 Å². The van der Waals surface area contributed by atoms with Gasteiger partial charge in [-0.05, 0) is 25.7 Å². The highest BCUT2D eigenvalue weighted by Crippen LogP contribution is 2.34. The van der Waals surface area contributed by atoms with Crippen molar-refractivity contribution in [1.82, 2.24) is 15.2 Å². The summed E-state index contributed by atoms with van der Waals surface area (Å²) >= 11 is 1.90. The monoisotopic (exact) mass is 293 g/mol. The largest absolute Gasteiger partial charge is 0.308 e. The van der Waals surface area contributed by atoms with Crippen LogP contribution < -0.4 is 5.32 Å². The molecule has 2 aliphatic rings. The number of thiazole rings is 1. The first-order chi connectivity index (χ1) is 9.74. The van der Waals surface area contributed by atoms with Gasteiger partial charge in [0, 0.05) is 35.7 Å². The maximum Gasteiger partial charge on any atom is 0.107 e. The fraction of sp³-hybridized carbons (Fsp3) is 0.812. The van der Waals surface area contributed by atoms with E-state index in [0.29, 0.717) is 11.6 Å². The fourth-order valence-electron chi connectivity index (χ4n) is 3.77. The van der Waals surface area contributed by atoms with E-state index in [2.05, 4.69) is 35.2 Å². The summed E-state index contributed by atoms with van der Waals surface area (Å²) in [6, 6.07) is 0.676. The number of hydrogen-bond donors (Lipinski definition) is 1. The van der Waals surface area contributed by atoms with Crippen LogP contribution >= 0.6 is 11.3 Å². The molecule has 1 saturated carbocycles. The van der Waals surface area contributed by atoms with Gasteiger partial charge in [-0.25, -0.2) is 4.98 Å². The van der Waals surface area contributed by atoms with Gasteiger partial charge in [-0.3, -0.25) is 4.90 Å². The third kappa shape index (κ3) is 2.92. The third-order valence-corrected chi connectivity index (χ3v) is 6.18. The molecular weight excluding hydrogens is 266 g/mol. The average Bonchev–Trinajstić information content (AvgIpc) is 3.09. The van der Waals surface area contributed by atoms with Crippen molar-refractivity contribution in [3.63, 3.8) is 0 Å². The second kappa shape index (κ2) is 6.12. The number of nitrogens with zero attached hydrogens (tertiary/aromatic N) is 2. The summed E-state index contributed by atoms with van der Waals surface area (Å²) in [7, 11) is 0. The van der Waals surface area contributed by atoms with Crippen LogP contribution in [-0.2, 0) is 13.0 Å². The van der Waals surface area contributed by atoms with E-state index in [1.807, 2.05) is 11.3 Å². The van der Waals surface area contributed by atoms with Gasteiger partial charge in [0.25, 0.3) is 0 Å².